The number of benzene rings is 1. The third-order valence-electron chi connectivity index (χ3n) is 2.72. The predicted molar refractivity (Wildman–Crippen MR) is 94.5 cm³/mol. The molecule has 0 aliphatic carbocycles. The Labute approximate surface area is 149 Å². The van der Waals surface area contributed by atoms with Crippen LogP contribution >= 0.6 is 27.3 Å². The van der Waals surface area contributed by atoms with Crippen molar-refractivity contribution in [3.63, 3.8) is 0 Å². The number of carbonyl (C=O) groups is 1. The standard InChI is InChI=1S/C14H13BrN4O4S/c1-2-23-13(20)6-10-8-24-14(17-10)18-16-7-9-3-4-11(15)12(5-9)19(21)22/h3-5,7-8H,2,6H2,1H3,(H,17,18). The van der Waals surface area contributed by atoms with E-state index in [4.69, 9.17) is 4.74 Å². The number of nitrogens with one attached hydrogen (secondary N) is 1. The lowest BCUT2D eigenvalue weighted by atomic mass is 10.2. The highest BCUT2D eigenvalue weighted by molar-refractivity contribution is 9.10. The van der Waals surface area contributed by atoms with Crippen molar-refractivity contribution in [1.29, 1.82) is 0 Å². The van der Waals surface area contributed by atoms with Crippen molar-refractivity contribution in [2.75, 3.05) is 12.0 Å². The van der Waals surface area contributed by atoms with Gasteiger partial charge in [-0.3, -0.25) is 20.3 Å². The Morgan fingerprint density at radius 1 is 1.58 bits per heavy atom. The third kappa shape index (κ3) is 5.10. The van der Waals surface area contributed by atoms with E-state index in [2.05, 4.69) is 31.4 Å². The number of anilines is 1. The fourth-order valence-corrected chi connectivity index (χ4v) is 2.76. The number of halogens is 1. The van der Waals surface area contributed by atoms with Crippen LogP contribution in [0, 0.1) is 10.1 Å². The quantitative estimate of drug-likeness (QED) is 0.323. The van der Waals surface area contributed by atoms with Crippen molar-refractivity contribution < 1.29 is 14.5 Å². The number of carbonyl (C=O) groups excluding carboxylic acids is 1. The molecule has 24 heavy (non-hydrogen) atoms. The zero-order valence-electron chi connectivity index (χ0n) is 12.6. The van der Waals surface area contributed by atoms with Crippen molar-refractivity contribution >= 4 is 50.3 Å². The smallest absolute Gasteiger partial charge is 0.311 e. The second-order valence-corrected chi connectivity index (χ2v) is 6.18. The van der Waals surface area contributed by atoms with Crippen LogP contribution in [-0.2, 0) is 16.0 Å². The molecule has 10 heteroatoms. The van der Waals surface area contributed by atoms with Gasteiger partial charge >= 0.3 is 5.97 Å². The summed E-state index contributed by atoms with van der Waals surface area (Å²) in [4.78, 5) is 26.0. The largest absolute Gasteiger partial charge is 0.466 e. The minimum absolute atomic E-state index is 0.0371. The van der Waals surface area contributed by atoms with Crippen molar-refractivity contribution in [1.82, 2.24) is 4.98 Å². The summed E-state index contributed by atoms with van der Waals surface area (Å²) in [6.45, 7) is 2.07. The Kier molecular flexibility index (Phi) is 6.38. The van der Waals surface area contributed by atoms with Gasteiger partial charge in [0.25, 0.3) is 5.69 Å². The van der Waals surface area contributed by atoms with Gasteiger partial charge in [-0.1, -0.05) is 6.07 Å². The number of hydrazone groups is 1. The lowest BCUT2D eigenvalue weighted by molar-refractivity contribution is -0.385. The summed E-state index contributed by atoms with van der Waals surface area (Å²) in [5, 5.41) is 17.1. The van der Waals surface area contributed by atoms with Crippen LogP contribution < -0.4 is 5.43 Å². The monoisotopic (exact) mass is 412 g/mol. The van der Waals surface area contributed by atoms with Crippen LogP contribution in [0.25, 0.3) is 0 Å². The molecule has 0 aliphatic rings. The number of nitrogens with zero attached hydrogens (tertiary/aromatic N) is 3. The molecule has 0 atom stereocenters. The summed E-state index contributed by atoms with van der Waals surface area (Å²) < 4.78 is 5.25. The fourth-order valence-electron chi connectivity index (χ4n) is 1.71. The van der Waals surface area contributed by atoms with E-state index in [0.29, 0.717) is 27.5 Å². The first kappa shape index (κ1) is 18.0. The molecule has 0 saturated carbocycles. The van der Waals surface area contributed by atoms with Gasteiger partial charge in [-0.2, -0.15) is 5.10 Å². The first-order valence-electron chi connectivity index (χ1n) is 6.82. The van der Waals surface area contributed by atoms with Crippen LogP contribution in [0.2, 0.25) is 0 Å². The topological polar surface area (TPSA) is 107 Å². The van der Waals surface area contributed by atoms with Crippen LogP contribution in [-0.4, -0.2) is 28.7 Å². The highest BCUT2D eigenvalue weighted by Crippen LogP contribution is 2.25. The van der Waals surface area contributed by atoms with E-state index in [1.54, 1.807) is 24.4 Å². The van der Waals surface area contributed by atoms with Gasteiger partial charge < -0.3 is 4.74 Å². The first-order chi connectivity index (χ1) is 11.5. The van der Waals surface area contributed by atoms with Crippen LogP contribution in [0.15, 0.2) is 33.2 Å². The Hall–Kier alpha value is -2.33. The molecule has 1 aromatic heterocycles. The number of nitro benzene ring substituents is 1. The maximum atomic E-state index is 11.4. The SMILES string of the molecule is CCOC(=O)Cc1csc(NN=Cc2ccc(Br)c([N+](=O)[O-])c2)n1. The maximum Gasteiger partial charge on any atom is 0.311 e. The molecule has 0 bridgehead atoms. The molecule has 0 aliphatic heterocycles. The summed E-state index contributed by atoms with van der Waals surface area (Å²) in [7, 11) is 0. The molecule has 0 fully saturated rings. The normalized spacial score (nSPS) is 10.8. The van der Waals surface area contributed by atoms with Crippen molar-refractivity contribution in [2.45, 2.75) is 13.3 Å². The Morgan fingerprint density at radius 3 is 3.08 bits per heavy atom. The van der Waals surface area contributed by atoms with Crippen molar-refractivity contribution in [3.05, 3.63) is 49.4 Å². The third-order valence-corrected chi connectivity index (χ3v) is 4.19. The molecule has 0 amide bonds. The summed E-state index contributed by atoms with van der Waals surface area (Å²) in [6.07, 6.45) is 1.56. The number of hydrogen-bond acceptors (Lipinski definition) is 8. The number of thiazole rings is 1. The molecule has 0 unspecified atom stereocenters. The number of nitro groups is 1. The minimum Gasteiger partial charge on any atom is -0.466 e. The van der Waals surface area contributed by atoms with Gasteiger partial charge in [-0.15, -0.1) is 11.3 Å². The second kappa shape index (κ2) is 8.50. The Bertz CT molecular complexity index is 778. The molecule has 1 heterocycles. The van der Waals surface area contributed by atoms with E-state index in [1.807, 2.05) is 0 Å². The average molecular weight is 413 g/mol. The highest BCUT2D eigenvalue weighted by atomic mass is 79.9. The van der Waals surface area contributed by atoms with Crippen LogP contribution in [0.3, 0.4) is 0 Å². The van der Waals surface area contributed by atoms with E-state index in [1.165, 1.54) is 23.6 Å². The van der Waals surface area contributed by atoms with E-state index in [0.717, 1.165) is 0 Å². The summed E-state index contributed by atoms with van der Waals surface area (Å²) in [6, 6.07) is 4.68. The van der Waals surface area contributed by atoms with Gasteiger partial charge in [-0.05, 0) is 28.9 Å². The molecule has 8 nitrogen and oxygen atoms in total. The molecular weight excluding hydrogens is 400 g/mol. The zero-order chi connectivity index (χ0) is 17.5. The van der Waals surface area contributed by atoms with E-state index in [-0.39, 0.29) is 18.1 Å². The van der Waals surface area contributed by atoms with Crippen molar-refractivity contribution in [3.8, 4) is 0 Å². The Balaban J connectivity index is 1.97. The summed E-state index contributed by atoms with van der Waals surface area (Å²) in [5.41, 5.74) is 3.85. The van der Waals surface area contributed by atoms with Gasteiger partial charge in [-0.25, -0.2) is 4.98 Å². The van der Waals surface area contributed by atoms with Gasteiger partial charge in [0.05, 0.1) is 34.3 Å². The average Bonchev–Trinajstić information content (AvgIpc) is 2.96. The van der Waals surface area contributed by atoms with E-state index in [9.17, 15) is 14.9 Å². The number of esters is 1. The molecule has 0 saturated heterocycles. The number of rotatable bonds is 7. The second-order valence-electron chi connectivity index (χ2n) is 4.46. The maximum absolute atomic E-state index is 11.4. The molecule has 0 radical (unpaired) electrons. The summed E-state index contributed by atoms with van der Waals surface area (Å²) in [5.74, 6) is -0.333. The minimum atomic E-state index is -0.475. The number of hydrogen-bond donors (Lipinski definition) is 1. The van der Waals surface area contributed by atoms with Gasteiger partial charge in [0.1, 0.15) is 0 Å². The van der Waals surface area contributed by atoms with Gasteiger partial charge in [0.2, 0.25) is 5.13 Å². The highest BCUT2D eigenvalue weighted by Gasteiger charge is 2.11. The number of aromatic nitrogens is 1. The molecule has 0 spiro atoms. The molecule has 126 valence electrons. The lowest BCUT2D eigenvalue weighted by Gasteiger charge is -1.98. The van der Waals surface area contributed by atoms with Crippen LogP contribution in [0.1, 0.15) is 18.2 Å². The molecule has 2 rings (SSSR count). The molecule has 1 N–H and O–H groups in total. The van der Waals surface area contributed by atoms with E-state index >= 15 is 0 Å². The Morgan fingerprint density at radius 2 is 2.38 bits per heavy atom. The van der Waals surface area contributed by atoms with E-state index < -0.39 is 4.92 Å². The van der Waals surface area contributed by atoms with Crippen LogP contribution in [0.4, 0.5) is 10.8 Å². The first-order valence-corrected chi connectivity index (χ1v) is 8.50. The molecular formula is C14H13BrN4O4S. The summed E-state index contributed by atoms with van der Waals surface area (Å²) >= 11 is 4.42. The van der Waals surface area contributed by atoms with Gasteiger partial charge in [0.15, 0.2) is 0 Å². The predicted octanol–water partition coefficient (Wildman–Crippen LogP) is 3.37. The number of ether oxygens (including phenoxy) is 1. The fraction of sp³-hybridized carbons (Fsp3) is 0.214. The molecule has 1 aromatic carbocycles. The van der Waals surface area contributed by atoms with Crippen molar-refractivity contribution in [2.24, 2.45) is 5.10 Å². The van der Waals surface area contributed by atoms with Gasteiger partial charge in [0, 0.05) is 17.0 Å². The zero-order valence-corrected chi connectivity index (χ0v) is 15.0. The van der Waals surface area contributed by atoms with Crippen LogP contribution in [0.5, 0.6) is 0 Å². The molecule has 2 aromatic rings. The lowest BCUT2D eigenvalue weighted by Crippen LogP contribution is -2.07.